The Bertz CT molecular complexity index is 177. The highest BCUT2D eigenvalue weighted by molar-refractivity contribution is 5.86. The third-order valence-corrected chi connectivity index (χ3v) is 1.59. The van der Waals surface area contributed by atoms with Crippen LogP contribution < -0.4 is 5.32 Å². The largest absolute Gasteiger partial charge is 0.378 e. The lowest BCUT2D eigenvalue weighted by Gasteiger charge is -2.21. The second-order valence-electron chi connectivity index (χ2n) is 2.43. The summed E-state index contributed by atoms with van der Waals surface area (Å²) in [7, 11) is 0. The van der Waals surface area contributed by atoms with Gasteiger partial charge in [-0.05, 0) is 0 Å². The number of terminal acetylenes is 1. The summed E-state index contributed by atoms with van der Waals surface area (Å²) in [4.78, 5) is 11.1. The second-order valence-corrected chi connectivity index (χ2v) is 2.43. The van der Waals surface area contributed by atoms with Gasteiger partial charge in [-0.2, -0.15) is 0 Å². The van der Waals surface area contributed by atoms with E-state index in [4.69, 9.17) is 11.2 Å². The molecule has 0 radical (unpaired) electrons. The van der Waals surface area contributed by atoms with Crippen LogP contribution in [0.1, 0.15) is 6.42 Å². The Morgan fingerprint density at radius 2 is 2.64 bits per heavy atom. The third kappa shape index (κ3) is 2.34. The molecule has 0 spiro atoms. The molecule has 1 unspecified atom stereocenters. The summed E-state index contributed by atoms with van der Waals surface area (Å²) >= 11 is 0. The Kier molecular flexibility index (Phi) is 3.09. The molecule has 0 aromatic heterocycles. The van der Waals surface area contributed by atoms with Crippen LogP contribution in [0.25, 0.3) is 0 Å². The molecule has 0 aromatic carbocycles. The Labute approximate surface area is 66.1 Å². The highest BCUT2D eigenvalue weighted by Gasteiger charge is 2.19. The van der Waals surface area contributed by atoms with Crippen LogP contribution in [0.2, 0.25) is 0 Å². The fourth-order valence-corrected chi connectivity index (χ4v) is 0.996. The van der Waals surface area contributed by atoms with Crippen LogP contribution in [0.4, 0.5) is 0 Å². The zero-order valence-electron chi connectivity index (χ0n) is 6.30. The second kappa shape index (κ2) is 4.12. The number of hydrogen-bond acceptors (Lipinski definition) is 3. The smallest absolute Gasteiger partial charge is 0.163 e. The van der Waals surface area contributed by atoms with Crippen molar-refractivity contribution < 1.29 is 9.53 Å². The van der Waals surface area contributed by atoms with Crippen molar-refractivity contribution in [3.05, 3.63) is 0 Å². The van der Waals surface area contributed by atoms with Crippen LogP contribution in [0.3, 0.4) is 0 Å². The summed E-state index contributed by atoms with van der Waals surface area (Å²) in [5, 5.41) is 3.03. The molecule has 1 aliphatic heterocycles. The van der Waals surface area contributed by atoms with Gasteiger partial charge in [0.2, 0.25) is 0 Å². The maximum Gasteiger partial charge on any atom is 0.163 e. The molecule has 1 atom stereocenters. The first-order valence-electron chi connectivity index (χ1n) is 3.62. The SMILES string of the molecule is C#CCC(=O)C1COCCN1. The Morgan fingerprint density at radius 1 is 1.82 bits per heavy atom. The molecule has 1 saturated heterocycles. The average molecular weight is 153 g/mol. The molecular weight excluding hydrogens is 142 g/mol. The third-order valence-electron chi connectivity index (χ3n) is 1.59. The van der Waals surface area contributed by atoms with Crippen LogP contribution in [-0.4, -0.2) is 31.6 Å². The van der Waals surface area contributed by atoms with Crippen LogP contribution in [-0.2, 0) is 9.53 Å². The van der Waals surface area contributed by atoms with Gasteiger partial charge < -0.3 is 10.1 Å². The Balaban J connectivity index is 2.34. The van der Waals surface area contributed by atoms with Gasteiger partial charge in [-0.3, -0.25) is 4.79 Å². The molecule has 3 heteroatoms. The zero-order valence-corrected chi connectivity index (χ0v) is 6.30. The standard InChI is InChI=1S/C8H11NO2/c1-2-3-8(10)7-6-11-5-4-9-7/h1,7,9H,3-6H2. The molecule has 60 valence electrons. The van der Waals surface area contributed by atoms with Gasteiger partial charge in [0, 0.05) is 6.54 Å². The molecule has 1 fully saturated rings. The van der Waals surface area contributed by atoms with E-state index in [-0.39, 0.29) is 18.2 Å². The van der Waals surface area contributed by atoms with E-state index >= 15 is 0 Å². The highest BCUT2D eigenvalue weighted by Crippen LogP contribution is 1.96. The van der Waals surface area contributed by atoms with Gasteiger partial charge in [-0.25, -0.2) is 0 Å². The van der Waals surface area contributed by atoms with Gasteiger partial charge in [0.1, 0.15) is 0 Å². The molecule has 1 rings (SSSR count). The predicted octanol–water partition coefficient (Wildman–Crippen LogP) is -0.433. The first-order valence-corrected chi connectivity index (χ1v) is 3.62. The normalized spacial score (nSPS) is 24.1. The Morgan fingerprint density at radius 3 is 3.18 bits per heavy atom. The van der Waals surface area contributed by atoms with Crippen LogP contribution in [0.15, 0.2) is 0 Å². The summed E-state index contributed by atoms with van der Waals surface area (Å²) < 4.78 is 5.10. The fraction of sp³-hybridized carbons (Fsp3) is 0.625. The van der Waals surface area contributed by atoms with Crippen molar-refractivity contribution in [2.45, 2.75) is 12.5 Å². The molecule has 3 nitrogen and oxygen atoms in total. The summed E-state index contributed by atoms with van der Waals surface area (Å²) in [6.45, 7) is 1.88. The van der Waals surface area contributed by atoms with E-state index in [1.165, 1.54) is 0 Å². The van der Waals surface area contributed by atoms with Crippen molar-refractivity contribution >= 4 is 5.78 Å². The van der Waals surface area contributed by atoms with E-state index in [2.05, 4.69) is 11.2 Å². The molecule has 0 aliphatic carbocycles. The van der Waals surface area contributed by atoms with Crippen molar-refractivity contribution in [3.63, 3.8) is 0 Å². The van der Waals surface area contributed by atoms with Crippen molar-refractivity contribution in [1.82, 2.24) is 5.32 Å². The molecule has 0 aromatic rings. The molecule has 1 heterocycles. The summed E-state index contributed by atoms with van der Waals surface area (Å²) in [5.74, 6) is 2.37. The topological polar surface area (TPSA) is 38.3 Å². The summed E-state index contributed by atoms with van der Waals surface area (Å²) in [6.07, 6.45) is 5.19. The van der Waals surface area contributed by atoms with E-state index in [0.29, 0.717) is 13.2 Å². The van der Waals surface area contributed by atoms with Gasteiger partial charge in [0.05, 0.1) is 25.7 Å². The first-order chi connectivity index (χ1) is 5.34. The number of carbonyl (C=O) groups excluding carboxylic acids is 1. The van der Waals surface area contributed by atoms with Crippen LogP contribution in [0.5, 0.6) is 0 Å². The van der Waals surface area contributed by atoms with Crippen LogP contribution in [0, 0.1) is 12.3 Å². The van der Waals surface area contributed by atoms with Gasteiger partial charge in [-0.15, -0.1) is 6.42 Å². The van der Waals surface area contributed by atoms with Crippen molar-refractivity contribution in [3.8, 4) is 12.3 Å². The van der Waals surface area contributed by atoms with Gasteiger partial charge >= 0.3 is 0 Å². The minimum absolute atomic E-state index is 0.0483. The lowest BCUT2D eigenvalue weighted by Crippen LogP contribution is -2.46. The molecule has 1 N–H and O–H groups in total. The maximum absolute atomic E-state index is 11.1. The Hall–Kier alpha value is -0.850. The molecule has 0 bridgehead atoms. The number of morpholine rings is 1. The quantitative estimate of drug-likeness (QED) is 0.547. The number of Topliss-reactive ketones (excluding diaryl/α,β-unsaturated/α-hetero) is 1. The lowest BCUT2D eigenvalue weighted by atomic mass is 10.1. The van der Waals surface area contributed by atoms with Gasteiger partial charge in [0.15, 0.2) is 5.78 Å². The highest BCUT2D eigenvalue weighted by atomic mass is 16.5. The number of carbonyl (C=O) groups is 1. The number of rotatable bonds is 2. The molecular formula is C8H11NO2. The monoisotopic (exact) mass is 153 g/mol. The van der Waals surface area contributed by atoms with E-state index in [1.54, 1.807) is 0 Å². The number of hydrogen-bond donors (Lipinski definition) is 1. The number of ether oxygens (including phenoxy) is 1. The summed E-state index contributed by atoms with van der Waals surface area (Å²) in [5.41, 5.74) is 0. The first kappa shape index (κ1) is 8.25. The molecule has 0 amide bonds. The van der Waals surface area contributed by atoms with Gasteiger partial charge in [0.25, 0.3) is 0 Å². The van der Waals surface area contributed by atoms with E-state index < -0.39 is 0 Å². The maximum atomic E-state index is 11.1. The molecule has 11 heavy (non-hydrogen) atoms. The minimum Gasteiger partial charge on any atom is -0.378 e. The predicted molar refractivity (Wildman–Crippen MR) is 41.1 cm³/mol. The van der Waals surface area contributed by atoms with E-state index in [0.717, 1.165) is 6.54 Å². The number of ketones is 1. The van der Waals surface area contributed by atoms with Crippen molar-refractivity contribution in [1.29, 1.82) is 0 Å². The van der Waals surface area contributed by atoms with Crippen molar-refractivity contribution in [2.24, 2.45) is 0 Å². The van der Waals surface area contributed by atoms with Crippen molar-refractivity contribution in [2.75, 3.05) is 19.8 Å². The molecule has 0 saturated carbocycles. The minimum atomic E-state index is -0.181. The fourth-order valence-electron chi connectivity index (χ4n) is 0.996. The van der Waals surface area contributed by atoms with Crippen LogP contribution >= 0.6 is 0 Å². The van der Waals surface area contributed by atoms with Gasteiger partial charge in [-0.1, -0.05) is 5.92 Å². The lowest BCUT2D eigenvalue weighted by molar-refractivity contribution is -0.122. The van der Waals surface area contributed by atoms with E-state index in [1.807, 2.05) is 0 Å². The number of nitrogens with one attached hydrogen (secondary N) is 1. The summed E-state index contributed by atoms with van der Waals surface area (Å²) in [6, 6.07) is -0.181. The van der Waals surface area contributed by atoms with E-state index in [9.17, 15) is 4.79 Å². The molecule has 1 aliphatic rings. The average Bonchev–Trinajstić information content (AvgIpc) is 2.07. The zero-order chi connectivity index (χ0) is 8.10.